The highest BCUT2D eigenvalue weighted by molar-refractivity contribution is 8.01. The summed E-state index contributed by atoms with van der Waals surface area (Å²) in [4.78, 5) is 13.3. The van der Waals surface area contributed by atoms with Crippen molar-refractivity contribution in [3.8, 4) is 0 Å². The number of aromatic nitrogens is 2. The second-order valence-corrected chi connectivity index (χ2v) is 5.99. The summed E-state index contributed by atoms with van der Waals surface area (Å²) in [6.07, 6.45) is 4.17. The van der Waals surface area contributed by atoms with Gasteiger partial charge in [-0.25, -0.2) is 0 Å². The van der Waals surface area contributed by atoms with Crippen LogP contribution in [0.5, 0.6) is 0 Å². The zero-order valence-corrected chi connectivity index (χ0v) is 11.8. The highest BCUT2D eigenvalue weighted by atomic mass is 32.2. The second-order valence-electron chi connectivity index (χ2n) is 4.75. The molecule has 3 N–H and O–H groups in total. The molecule has 0 fully saturated rings. The predicted octanol–water partition coefficient (Wildman–Crippen LogP) is 1.30. The van der Waals surface area contributed by atoms with Gasteiger partial charge < -0.3 is 11.1 Å². The van der Waals surface area contributed by atoms with Crippen LogP contribution in [0.15, 0.2) is 41.6 Å². The van der Waals surface area contributed by atoms with E-state index in [1.165, 1.54) is 10.5 Å². The van der Waals surface area contributed by atoms with Crippen LogP contribution in [0.4, 0.5) is 5.69 Å². The van der Waals surface area contributed by atoms with Crippen LogP contribution >= 0.6 is 11.8 Å². The normalized spacial score (nSPS) is 16.9. The fourth-order valence-corrected chi connectivity index (χ4v) is 3.46. The molecule has 1 aromatic heterocycles. The van der Waals surface area contributed by atoms with Crippen molar-refractivity contribution in [3.05, 3.63) is 42.2 Å². The zero-order valence-electron chi connectivity index (χ0n) is 11.0. The highest BCUT2D eigenvalue weighted by Crippen LogP contribution is 2.36. The number of amides is 1. The molecule has 1 aliphatic rings. The van der Waals surface area contributed by atoms with Gasteiger partial charge in [-0.1, -0.05) is 18.2 Å². The van der Waals surface area contributed by atoms with Gasteiger partial charge in [-0.05, 0) is 18.1 Å². The molecular weight excluding hydrogens is 272 g/mol. The molecule has 2 aromatic rings. The van der Waals surface area contributed by atoms with Crippen molar-refractivity contribution in [1.82, 2.24) is 15.1 Å². The van der Waals surface area contributed by atoms with Crippen LogP contribution in [0.2, 0.25) is 0 Å². The highest BCUT2D eigenvalue weighted by Gasteiger charge is 2.27. The van der Waals surface area contributed by atoms with Crippen molar-refractivity contribution in [2.45, 2.75) is 23.1 Å². The lowest BCUT2D eigenvalue weighted by Gasteiger charge is -2.09. The Morgan fingerprint density at radius 1 is 1.50 bits per heavy atom. The molecule has 0 saturated carbocycles. The standard InChI is InChI=1S/C14H16N4OS/c15-11-8-17-18(9-11)6-5-16-14(19)13-7-10-3-1-2-4-12(10)20-13/h1-4,8-9,13H,5-7,15H2,(H,16,19). The van der Waals surface area contributed by atoms with Gasteiger partial charge >= 0.3 is 0 Å². The fourth-order valence-electron chi connectivity index (χ4n) is 2.24. The lowest BCUT2D eigenvalue weighted by atomic mass is 10.1. The first-order chi connectivity index (χ1) is 9.72. The van der Waals surface area contributed by atoms with E-state index in [2.05, 4.69) is 22.5 Å². The predicted molar refractivity (Wildman–Crippen MR) is 79.4 cm³/mol. The number of carbonyl (C=O) groups excluding carboxylic acids is 1. The van der Waals surface area contributed by atoms with E-state index >= 15 is 0 Å². The summed E-state index contributed by atoms with van der Waals surface area (Å²) in [6, 6.07) is 8.18. The molecule has 1 unspecified atom stereocenters. The van der Waals surface area contributed by atoms with E-state index in [0.29, 0.717) is 18.8 Å². The van der Waals surface area contributed by atoms with Gasteiger partial charge in [0.05, 0.1) is 23.7 Å². The number of fused-ring (bicyclic) bond motifs is 1. The zero-order chi connectivity index (χ0) is 13.9. The lowest BCUT2D eigenvalue weighted by Crippen LogP contribution is -2.34. The molecule has 20 heavy (non-hydrogen) atoms. The number of nitrogens with two attached hydrogens (primary N) is 1. The smallest absolute Gasteiger partial charge is 0.233 e. The molecule has 0 bridgehead atoms. The Labute approximate surface area is 121 Å². The molecule has 1 aliphatic heterocycles. The maximum Gasteiger partial charge on any atom is 0.233 e. The van der Waals surface area contributed by atoms with Crippen LogP contribution in [-0.2, 0) is 17.8 Å². The molecule has 2 heterocycles. The van der Waals surface area contributed by atoms with Gasteiger partial charge in [-0.3, -0.25) is 9.48 Å². The Hall–Kier alpha value is -1.95. The Bertz CT molecular complexity index is 600. The molecule has 0 spiro atoms. The number of hydrogen-bond acceptors (Lipinski definition) is 4. The third-order valence-corrected chi connectivity index (χ3v) is 4.55. The van der Waals surface area contributed by atoms with E-state index in [0.717, 1.165) is 6.42 Å². The number of hydrogen-bond donors (Lipinski definition) is 2. The third kappa shape index (κ3) is 2.80. The van der Waals surface area contributed by atoms with Gasteiger partial charge in [0.1, 0.15) is 0 Å². The molecule has 1 amide bonds. The molecule has 104 valence electrons. The summed E-state index contributed by atoms with van der Waals surface area (Å²) in [7, 11) is 0. The molecule has 0 aliphatic carbocycles. The Kier molecular flexibility index (Phi) is 3.64. The van der Waals surface area contributed by atoms with Crippen molar-refractivity contribution >= 4 is 23.4 Å². The molecule has 0 saturated heterocycles. The monoisotopic (exact) mass is 288 g/mol. The first kappa shape index (κ1) is 13.1. The topological polar surface area (TPSA) is 72.9 Å². The molecule has 1 aromatic carbocycles. The van der Waals surface area contributed by atoms with E-state index in [4.69, 9.17) is 5.73 Å². The minimum Gasteiger partial charge on any atom is -0.396 e. The summed E-state index contributed by atoms with van der Waals surface area (Å²) >= 11 is 1.64. The molecule has 6 heteroatoms. The summed E-state index contributed by atoms with van der Waals surface area (Å²) in [6.45, 7) is 1.20. The van der Waals surface area contributed by atoms with Gasteiger partial charge in [0.15, 0.2) is 0 Å². The van der Waals surface area contributed by atoms with E-state index in [-0.39, 0.29) is 11.2 Å². The van der Waals surface area contributed by atoms with Gasteiger partial charge in [-0.15, -0.1) is 11.8 Å². The maximum atomic E-state index is 12.1. The average Bonchev–Trinajstić information content (AvgIpc) is 3.04. The first-order valence-electron chi connectivity index (χ1n) is 6.52. The largest absolute Gasteiger partial charge is 0.396 e. The minimum absolute atomic E-state index is 0.0184. The fraction of sp³-hybridized carbons (Fsp3) is 0.286. The quantitative estimate of drug-likeness (QED) is 0.889. The minimum atomic E-state index is -0.0184. The van der Waals surface area contributed by atoms with Crippen molar-refractivity contribution in [1.29, 1.82) is 0 Å². The van der Waals surface area contributed by atoms with E-state index in [1.807, 2.05) is 12.1 Å². The van der Waals surface area contributed by atoms with Crippen molar-refractivity contribution in [2.24, 2.45) is 0 Å². The van der Waals surface area contributed by atoms with Gasteiger partial charge in [0.2, 0.25) is 5.91 Å². The van der Waals surface area contributed by atoms with Crippen LogP contribution in [0.3, 0.4) is 0 Å². The summed E-state index contributed by atoms with van der Waals surface area (Å²) in [5.41, 5.74) is 7.48. The van der Waals surface area contributed by atoms with Crippen LogP contribution in [0.1, 0.15) is 5.56 Å². The molecular formula is C14H16N4OS. The molecule has 1 atom stereocenters. The van der Waals surface area contributed by atoms with E-state index in [1.54, 1.807) is 28.8 Å². The molecule has 5 nitrogen and oxygen atoms in total. The number of benzene rings is 1. The average molecular weight is 288 g/mol. The summed E-state index contributed by atoms with van der Waals surface area (Å²) in [5.74, 6) is 0.0892. The lowest BCUT2D eigenvalue weighted by molar-refractivity contribution is -0.120. The maximum absolute atomic E-state index is 12.1. The van der Waals surface area contributed by atoms with Crippen molar-refractivity contribution < 1.29 is 4.79 Å². The molecule has 3 rings (SSSR count). The SMILES string of the molecule is Nc1cnn(CCNC(=O)C2Cc3ccccc3S2)c1. The number of thioether (sulfide) groups is 1. The van der Waals surface area contributed by atoms with Gasteiger partial charge in [0.25, 0.3) is 0 Å². The molecule has 0 radical (unpaired) electrons. The summed E-state index contributed by atoms with van der Waals surface area (Å²) < 4.78 is 1.73. The van der Waals surface area contributed by atoms with Crippen molar-refractivity contribution in [2.75, 3.05) is 12.3 Å². The second kappa shape index (κ2) is 5.58. The van der Waals surface area contributed by atoms with Gasteiger partial charge in [0, 0.05) is 17.6 Å². The van der Waals surface area contributed by atoms with Crippen LogP contribution in [0, 0.1) is 0 Å². The van der Waals surface area contributed by atoms with Gasteiger partial charge in [-0.2, -0.15) is 5.10 Å². The first-order valence-corrected chi connectivity index (χ1v) is 7.40. The van der Waals surface area contributed by atoms with E-state index < -0.39 is 0 Å². The Morgan fingerprint density at radius 3 is 3.10 bits per heavy atom. The third-order valence-electron chi connectivity index (χ3n) is 3.23. The number of nitrogens with zero attached hydrogens (tertiary/aromatic N) is 2. The Balaban J connectivity index is 1.49. The van der Waals surface area contributed by atoms with Crippen molar-refractivity contribution in [3.63, 3.8) is 0 Å². The number of rotatable bonds is 4. The van der Waals surface area contributed by atoms with Crippen LogP contribution in [-0.4, -0.2) is 27.5 Å². The number of carbonyl (C=O) groups is 1. The van der Waals surface area contributed by atoms with Crippen LogP contribution < -0.4 is 11.1 Å². The summed E-state index contributed by atoms with van der Waals surface area (Å²) in [5, 5.41) is 7.02. The van der Waals surface area contributed by atoms with Crippen LogP contribution in [0.25, 0.3) is 0 Å². The number of nitrogen functional groups attached to an aromatic ring is 1. The van der Waals surface area contributed by atoms with E-state index in [9.17, 15) is 4.79 Å². The number of nitrogens with one attached hydrogen (secondary N) is 1. The number of anilines is 1. The Morgan fingerprint density at radius 2 is 2.35 bits per heavy atom.